The van der Waals surface area contributed by atoms with Gasteiger partial charge in [-0.1, -0.05) is 30.3 Å². The minimum atomic E-state index is -0.176. The third-order valence-corrected chi connectivity index (χ3v) is 5.23. The number of aryl methyl sites for hydroxylation is 1. The fourth-order valence-electron chi connectivity index (χ4n) is 2.54. The van der Waals surface area contributed by atoms with Gasteiger partial charge in [0.2, 0.25) is 0 Å². The number of amides is 1. The maximum absolute atomic E-state index is 11.9. The van der Waals surface area contributed by atoms with E-state index >= 15 is 0 Å². The Morgan fingerprint density at radius 3 is 2.41 bits per heavy atom. The maximum atomic E-state index is 11.9. The van der Waals surface area contributed by atoms with E-state index in [4.69, 9.17) is 4.74 Å². The second-order valence-electron chi connectivity index (χ2n) is 6.07. The molecule has 1 heterocycles. The van der Waals surface area contributed by atoms with E-state index in [-0.39, 0.29) is 18.3 Å². The van der Waals surface area contributed by atoms with E-state index in [1.165, 1.54) is 11.3 Å². The third kappa shape index (κ3) is 5.01. The fourth-order valence-corrected chi connectivity index (χ4v) is 3.50. The lowest BCUT2D eigenvalue weighted by Crippen LogP contribution is -2.28. The first-order chi connectivity index (χ1) is 13.0. The summed E-state index contributed by atoms with van der Waals surface area (Å²) in [6.07, 6.45) is 0. The van der Waals surface area contributed by atoms with Crippen molar-refractivity contribution in [2.24, 2.45) is 0 Å². The summed E-state index contributed by atoms with van der Waals surface area (Å²) in [7, 11) is 0. The number of ether oxygens (including phenoxy) is 1. The van der Waals surface area contributed by atoms with E-state index < -0.39 is 0 Å². The monoisotopic (exact) mass is 380 g/mol. The quantitative estimate of drug-likeness (QED) is 0.629. The van der Waals surface area contributed by atoms with Gasteiger partial charge >= 0.3 is 0 Å². The Morgan fingerprint density at radius 2 is 1.78 bits per heavy atom. The predicted molar refractivity (Wildman–Crippen MR) is 106 cm³/mol. The molecule has 138 valence electrons. The van der Waals surface area contributed by atoms with Crippen molar-refractivity contribution in [1.29, 1.82) is 0 Å². The van der Waals surface area contributed by atoms with Gasteiger partial charge in [0.15, 0.2) is 12.4 Å². The van der Waals surface area contributed by atoms with E-state index in [0.29, 0.717) is 17.2 Å². The molecule has 3 aromatic rings. The molecule has 0 saturated heterocycles. The largest absolute Gasteiger partial charge is 0.484 e. The normalized spacial score (nSPS) is 10.4. The summed E-state index contributed by atoms with van der Waals surface area (Å²) >= 11 is 1.38. The van der Waals surface area contributed by atoms with E-state index in [2.05, 4.69) is 10.3 Å². The van der Waals surface area contributed by atoms with Crippen LogP contribution in [0.1, 0.15) is 27.9 Å². The number of Topliss-reactive ketones (excluding diaryl/α,β-unsaturated/α-hetero) is 1. The Labute approximate surface area is 162 Å². The number of hydrogen-bond acceptors (Lipinski definition) is 5. The van der Waals surface area contributed by atoms with E-state index in [9.17, 15) is 9.59 Å². The summed E-state index contributed by atoms with van der Waals surface area (Å²) in [5, 5.41) is 3.62. The highest BCUT2D eigenvalue weighted by Gasteiger charge is 2.13. The summed E-state index contributed by atoms with van der Waals surface area (Å²) in [5.74, 6) is 0.455. The Morgan fingerprint density at radius 1 is 1.07 bits per heavy atom. The minimum absolute atomic E-state index is 0.0257. The molecule has 0 spiro atoms. The number of aromatic nitrogens is 1. The van der Waals surface area contributed by atoms with Crippen molar-refractivity contribution < 1.29 is 14.3 Å². The Kier molecular flexibility index (Phi) is 5.98. The van der Waals surface area contributed by atoms with Crippen LogP contribution in [0.4, 0.5) is 0 Å². The molecule has 0 saturated carbocycles. The SMILES string of the molecule is CC(=O)c1sc(-c2ccc(OCC(=O)NCc3ccccc3)cc2)nc1C. The van der Waals surface area contributed by atoms with Crippen LogP contribution in [-0.2, 0) is 11.3 Å². The van der Waals surface area contributed by atoms with E-state index in [1.54, 1.807) is 19.1 Å². The van der Waals surface area contributed by atoms with Crippen LogP contribution in [-0.4, -0.2) is 23.3 Å². The molecular formula is C21H20N2O3S. The molecule has 0 unspecified atom stereocenters. The lowest BCUT2D eigenvalue weighted by atomic mass is 10.2. The first-order valence-corrected chi connectivity index (χ1v) is 9.37. The van der Waals surface area contributed by atoms with Gasteiger partial charge in [-0.2, -0.15) is 0 Å². The summed E-state index contributed by atoms with van der Waals surface area (Å²) in [4.78, 5) is 28.6. The van der Waals surface area contributed by atoms with Crippen LogP contribution in [0.3, 0.4) is 0 Å². The molecular weight excluding hydrogens is 360 g/mol. The number of rotatable bonds is 7. The van der Waals surface area contributed by atoms with Gasteiger partial charge < -0.3 is 10.1 Å². The van der Waals surface area contributed by atoms with Gasteiger partial charge in [-0.15, -0.1) is 11.3 Å². The van der Waals surface area contributed by atoms with Gasteiger partial charge in [0.05, 0.1) is 10.6 Å². The number of nitrogens with one attached hydrogen (secondary N) is 1. The molecule has 0 radical (unpaired) electrons. The number of thiazole rings is 1. The van der Waals surface area contributed by atoms with Crippen molar-refractivity contribution in [2.45, 2.75) is 20.4 Å². The zero-order valence-corrected chi connectivity index (χ0v) is 16.0. The lowest BCUT2D eigenvalue weighted by Gasteiger charge is -2.08. The van der Waals surface area contributed by atoms with Gasteiger partial charge in [-0.3, -0.25) is 9.59 Å². The molecule has 1 N–H and O–H groups in total. The maximum Gasteiger partial charge on any atom is 0.258 e. The molecule has 3 rings (SSSR count). The first-order valence-electron chi connectivity index (χ1n) is 8.55. The minimum Gasteiger partial charge on any atom is -0.484 e. The molecule has 27 heavy (non-hydrogen) atoms. The van der Waals surface area contributed by atoms with Crippen LogP contribution in [0.5, 0.6) is 5.75 Å². The summed E-state index contributed by atoms with van der Waals surface area (Å²) in [5.41, 5.74) is 2.70. The van der Waals surface area contributed by atoms with Gasteiger partial charge in [0, 0.05) is 19.0 Å². The standard InChI is InChI=1S/C21H20N2O3S/c1-14-20(15(2)24)27-21(23-14)17-8-10-18(11-9-17)26-13-19(25)22-12-16-6-4-3-5-7-16/h3-11H,12-13H2,1-2H3,(H,22,25). The smallest absolute Gasteiger partial charge is 0.258 e. The molecule has 1 amide bonds. The predicted octanol–water partition coefficient (Wildman–Crippen LogP) is 4.02. The average molecular weight is 380 g/mol. The van der Waals surface area contributed by atoms with Crippen molar-refractivity contribution in [1.82, 2.24) is 10.3 Å². The Balaban J connectivity index is 1.54. The van der Waals surface area contributed by atoms with Crippen LogP contribution in [0.2, 0.25) is 0 Å². The molecule has 0 bridgehead atoms. The number of ketones is 1. The molecule has 1 aromatic heterocycles. The van der Waals surface area contributed by atoms with Crippen molar-refractivity contribution in [2.75, 3.05) is 6.61 Å². The highest BCUT2D eigenvalue weighted by molar-refractivity contribution is 7.17. The van der Waals surface area contributed by atoms with Gasteiger partial charge in [0.25, 0.3) is 5.91 Å². The fraction of sp³-hybridized carbons (Fsp3) is 0.190. The number of benzene rings is 2. The second-order valence-corrected chi connectivity index (χ2v) is 7.06. The van der Waals surface area contributed by atoms with Crippen molar-refractivity contribution in [3.05, 3.63) is 70.7 Å². The molecule has 0 atom stereocenters. The highest BCUT2D eigenvalue weighted by Crippen LogP contribution is 2.29. The van der Waals surface area contributed by atoms with Gasteiger partial charge in [0.1, 0.15) is 10.8 Å². The van der Waals surface area contributed by atoms with Crippen LogP contribution >= 0.6 is 11.3 Å². The van der Waals surface area contributed by atoms with Crippen molar-refractivity contribution >= 4 is 23.0 Å². The van der Waals surface area contributed by atoms with E-state index in [1.807, 2.05) is 49.4 Å². The zero-order chi connectivity index (χ0) is 19.2. The molecule has 2 aromatic carbocycles. The molecule has 0 aliphatic rings. The molecule has 6 heteroatoms. The first kappa shape index (κ1) is 18.8. The van der Waals surface area contributed by atoms with Crippen LogP contribution in [0.25, 0.3) is 10.6 Å². The molecule has 0 fully saturated rings. The summed E-state index contributed by atoms with van der Waals surface area (Å²) in [6.45, 7) is 3.81. The average Bonchev–Trinajstić information content (AvgIpc) is 3.08. The molecule has 0 aliphatic carbocycles. The molecule has 0 aliphatic heterocycles. The Hall–Kier alpha value is -2.99. The van der Waals surface area contributed by atoms with Crippen molar-refractivity contribution in [3.8, 4) is 16.3 Å². The second kappa shape index (κ2) is 8.60. The topological polar surface area (TPSA) is 68.3 Å². The summed E-state index contributed by atoms with van der Waals surface area (Å²) < 4.78 is 5.53. The lowest BCUT2D eigenvalue weighted by molar-refractivity contribution is -0.123. The number of carbonyl (C=O) groups excluding carboxylic acids is 2. The third-order valence-electron chi connectivity index (χ3n) is 3.92. The Bertz CT molecular complexity index is 934. The van der Waals surface area contributed by atoms with E-state index in [0.717, 1.165) is 21.8 Å². The molecule has 5 nitrogen and oxygen atoms in total. The van der Waals surface area contributed by atoms with Crippen molar-refractivity contribution in [3.63, 3.8) is 0 Å². The number of nitrogens with zero attached hydrogens (tertiary/aromatic N) is 1. The van der Waals surface area contributed by atoms with Crippen LogP contribution in [0.15, 0.2) is 54.6 Å². The number of hydrogen-bond donors (Lipinski definition) is 1. The zero-order valence-electron chi connectivity index (χ0n) is 15.2. The van der Waals surface area contributed by atoms with Crippen LogP contribution < -0.4 is 10.1 Å². The van der Waals surface area contributed by atoms with Crippen LogP contribution in [0, 0.1) is 6.92 Å². The van der Waals surface area contributed by atoms with Gasteiger partial charge in [-0.25, -0.2) is 4.98 Å². The summed E-state index contributed by atoms with van der Waals surface area (Å²) in [6, 6.07) is 17.1. The highest BCUT2D eigenvalue weighted by atomic mass is 32.1. The van der Waals surface area contributed by atoms with Gasteiger partial charge in [-0.05, 0) is 36.8 Å². The number of carbonyl (C=O) groups is 2.